The number of nitrogens with zero attached hydrogens (tertiary/aromatic N) is 8. The molecule has 1 amide bonds. The second kappa shape index (κ2) is 9.16. The van der Waals surface area contributed by atoms with Gasteiger partial charge in [0.25, 0.3) is 0 Å². The van der Waals surface area contributed by atoms with Crippen LogP contribution in [0.2, 0.25) is 0 Å². The highest BCUT2D eigenvalue weighted by molar-refractivity contribution is 6.07. The van der Waals surface area contributed by atoms with Crippen molar-refractivity contribution in [3.05, 3.63) is 29.8 Å². The van der Waals surface area contributed by atoms with Crippen LogP contribution in [0.3, 0.4) is 0 Å². The molecule has 10 heteroatoms. The minimum Gasteiger partial charge on any atom is -0.336 e. The van der Waals surface area contributed by atoms with Crippen LogP contribution in [0.1, 0.15) is 44.0 Å². The number of aryl methyl sites for hydroxylation is 3. The Kier molecular flexibility index (Phi) is 5.94. The lowest BCUT2D eigenvalue weighted by Crippen LogP contribution is -2.36. The van der Waals surface area contributed by atoms with E-state index in [9.17, 15) is 4.79 Å². The summed E-state index contributed by atoms with van der Waals surface area (Å²) >= 11 is 0. The van der Waals surface area contributed by atoms with Crippen molar-refractivity contribution in [1.29, 1.82) is 0 Å². The summed E-state index contributed by atoms with van der Waals surface area (Å²) in [6, 6.07) is 5.11. The molecule has 37 heavy (non-hydrogen) atoms. The van der Waals surface area contributed by atoms with E-state index >= 15 is 0 Å². The number of hydrogen-bond acceptors (Lipinski definition) is 6. The normalized spacial score (nSPS) is 15.8. The zero-order valence-electron chi connectivity index (χ0n) is 22.5. The third kappa shape index (κ3) is 4.47. The molecule has 196 valence electrons. The number of amides is 1. The molecular formula is C27H37N9O. The van der Waals surface area contributed by atoms with Crippen LogP contribution in [0.15, 0.2) is 18.5 Å². The molecule has 2 aliphatic rings. The molecule has 1 N–H and O–H groups in total. The van der Waals surface area contributed by atoms with E-state index in [0.29, 0.717) is 24.3 Å². The van der Waals surface area contributed by atoms with Crippen LogP contribution in [0.5, 0.6) is 0 Å². The van der Waals surface area contributed by atoms with Gasteiger partial charge in [0.05, 0.1) is 24.8 Å². The van der Waals surface area contributed by atoms with Gasteiger partial charge in [-0.05, 0) is 59.7 Å². The van der Waals surface area contributed by atoms with Crippen molar-refractivity contribution in [2.75, 3.05) is 26.0 Å². The number of anilines is 2. The molecule has 4 heterocycles. The van der Waals surface area contributed by atoms with Gasteiger partial charge in [-0.2, -0.15) is 5.10 Å². The van der Waals surface area contributed by atoms with Crippen LogP contribution < -0.4 is 5.32 Å². The van der Waals surface area contributed by atoms with Gasteiger partial charge in [0.1, 0.15) is 11.2 Å². The van der Waals surface area contributed by atoms with Crippen molar-refractivity contribution in [2.45, 2.75) is 71.1 Å². The van der Waals surface area contributed by atoms with Crippen molar-refractivity contribution in [1.82, 2.24) is 38.7 Å². The predicted molar refractivity (Wildman–Crippen MR) is 145 cm³/mol. The largest absolute Gasteiger partial charge is 0.336 e. The maximum absolute atomic E-state index is 13.4. The monoisotopic (exact) mass is 503 g/mol. The third-order valence-corrected chi connectivity index (χ3v) is 7.59. The quantitative estimate of drug-likeness (QED) is 0.357. The first-order chi connectivity index (χ1) is 17.8. The first-order valence-corrected chi connectivity index (χ1v) is 13.4. The van der Waals surface area contributed by atoms with Crippen molar-refractivity contribution in [2.24, 2.45) is 7.05 Å². The molecule has 0 radical (unpaired) electrons. The molecule has 2 fully saturated rings. The van der Waals surface area contributed by atoms with E-state index in [1.807, 2.05) is 28.7 Å². The van der Waals surface area contributed by atoms with Crippen molar-refractivity contribution in [3.63, 3.8) is 0 Å². The Bertz CT molecular complexity index is 1460. The summed E-state index contributed by atoms with van der Waals surface area (Å²) in [6.45, 7) is 6.67. The summed E-state index contributed by atoms with van der Waals surface area (Å²) in [5.74, 6) is 1.69. The molecule has 0 spiro atoms. The number of nitrogens with one attached hydrogen (secondary N) is 1. The number of likely N-dealkylation sites (N-methyl/N-ethyl adjacent to an activating group) is 1. The molecule has 4 aromatic rings. The number of rotatable bonds is 10. The van der Waals surface area contributed by atoms with Crippen LogP contribution in [0.4, 0.5) is 11.6 Å². The zero-order chi connectivity index (χ0) is 25.8. The van der Waals surface area contributed by atoms with Gasteiger partial charge < -0.3 is 24.3 Å². The topological polar surface area (TPSA) is 89.0 Å². The van der Waals surface area contributed by atoms with E-state index in [-0.39, 0.29) is 5.91 Å². The molecule has 0 aromatic carbocycles. The minimum atomic E-state index is 0.251. The maximum atomic E-state index is 13.4. The van der Waals surface area contributed by atoms with Crippen LogP contribution in [-0.4, -0.2) is 77.3 Å². The van der Waals surface area contributed by atoms with Crippen LogP contribution in [0.25, 0.3) is 22.1 Å². The fourth-order valence-corrected chi connectivity index (χ4v) is 5.42. The van der Waals surface area contributed by atoms with E-state index in [1.165, 1.54) is 0 Å². The Hall–Kier alpha value is -3.40. The minimum absolute atomic E-state index is 0.251. The zero-order valence-corrected chi connectivity index (χ0v) is 22.5. The highest BCUT2D eigenvalue weighted by Gasteiger charge is 2.42. The van der Waals surface area contributed by atoms with Gasteiger partial charge in [-0.15, -0.1) is 0 Å². The molecule has 2 saturated carbocycles. The summed E-state index contributed by atoms with van der Waals surface area (Å²) in [6.07, 6.45) is 6.83. The van der Waals surface area contributed by atoms with E-state index in [2.05, 4.69) is 58.7 Å². The number of fused-ring (bicyclic) bond motifs is 3. The summed E-state index contributed by atoms with van der Waals surface area (Å²) in [5.41, 5.74) is 4.80. The fraction of sp³-hybridized carbons (Fsp3) is 0.556. The van der Waals surface area contributed by atoms with Gasteiger partial charge in [-0.3, -0.25) is 9.48 Å². The van der Waals surface area contributed by atoms with E-state index in [0.717, 1.165) is 84.6 Å². The lowest BCUT2D eigenvalue weighted by molar-refractivity contribution is -0.131. The molecular weight excluding hydrogens is 466 g/mol. The third-order valence-electron chi connectivity index (χ3n) is 7.59. The van der Waals surface area contributed by atoms with Gasteiger partial charge in [0, 0.05) is 55.1 Å². The van der Waals surface area contributed by atoms with Gasteiger partial charge in [-0.1, -0.05) is 0 Å². The van der Waals surface area contributed by atoms with Gasteiger partial charge in [0.15, 0.2) is 11.6 Å². The Morgan fingerprint density at radius 2 is 1.89 bits per heavy atom. The summed E-state index contributed by atoms with van der Waals surface area (Å²) in [4.78, 5) is 27.5. The Labute approximate surface area is 217 Å². The number of carbonyl (C=O) groups excluding carboxylic acids is 1. The van der Waals surface area contributed by atoms with Crippen LogP contribution >= 0.6 is 0 Å². The Balaban J connectivity index is 1.37. The average Bonchev–Trinajstić information content (AvgIpc) is 3.77. The Morgan fingerprint density at radius 1 is 1.16 bits per heavy atom. The van der Waals surface area contributed by atoms with Crippen LogP contribution in [-0.2, 0) is 31.4 Å². The van der Waals surface area contributed by atoms with E-state index < -0.39 is 0 Å². The van der Waals surface area contributed by atoms with E-state index in [4.69, 9.17) is 10.1 Å². The number of hydrogen-bond donors (Lipinski definition) is 1. The second-order valence-corrected chi connectivity index (χ2v) is 10.9. The maximum Gasteiger partial charge on any atom is 0.229 e. The first-order valence-electron chi connectivity index (χ1n) is 13.4. The van der Waals surface area contributed by atoms with Crippen molar-refractivity contribution < 1.29 is 4.79 Å². The number of carbonyl (C=O) groups is 1. The van der Waals surface area contributed by atoms with E-state index in [1.54, 1.807) is 0 Å². The SMILES string of the molecule is CCn1c(CC(=O)N(C2CC2)C2CC2)cc2c3c(ncn3C)c(Nc3cc(C)n(CCN(C)C)n3)nc21. The molecule has 4 aromatic heterocycles. The fourth-order valence-electron chi connectivity index (χ4n) is 5.42. The standard InChI is InChI=1S/C27H37N9O/c1-6-34-20(15-23(37)36(18-7-8-18)19-9-10-19)14-21-25-24(28-16-33(25)5)26(30-27(21)34)29-22-13-17(2)35(31-22)12-11-32(3)4/h13-14,16,18-19H,6-12,15H2,1-5H3,(H,29,30,31). The number of aromatic nitrogens is 6. The second-order valence-electron chi connectivity index (χ2n) is 10.9. The number of imidazole rings is 1. The van der Waals surface area contributed by atoms with Crippen molar-refractivity contribution in [3.8, 4) is 0 Å². The van der Waals surface area contributed by atoms with Gasteiger partial charge in [-0.25, -0.2) is 9.97 Å². The molecule has 2 aliphatic carbocycles. The molecule has 0 aliphatic heterocycles. The molecule has 0 bridgehead atoms. The summed E-state index contributed by atoms with van der Waals surface area (Å²) < 4.78 is 6.24. The summed E-state index contributed by atoms with van der Waals surface area (Å²) in [5, 5.41) is 9.25. The van der Waals surface area contributed by atoms with Gasteiger partial charge >= 0.3 is 0 Å². The van der Waals surface area contributed by atoms with Crippen LogP contribution in [0, 0.1) is 6.92 Å². The highest BCUT2D eigenvalue weighted by atomic mass is 16.2. The van der Waals surface area contributed by atoms with Gasteiger partial charge in [0.2, 0.25) is 5.91 Å². The van der Waals surface area contributed by atoms with Crippen molar-refractivity contribution >= 4 is 39.6 Å². The highest BCUT2D eigenvalue weighted by Crippen LogP contribution is 2.38. The smallest absolute Gasteiger partial charge is 0.229 e. The average molecular weight is 504 g/mol. The Morgan fingerprint density at radius 3 is 2.54 bits per heavy atom. The number of pyridine rings is 1. The first kappa shape index (κ1) is 24.0. The molecule has 0 saturated heterocycles. The summed E-state index contributed by atoms with van der Waals surface area (Å²) in [7, 11) is 6.14. The lowest BCUT2D eigenvalue weighted by Gasteiger charge is -2.22. The lowest BCUT2D eigenvalue weighted by atomic mass is 10.2. The molecule has 6 rings (SSSR count). The molecule has 0 unspecified atom stereocenters. The molecule has 0 atom stereocenters. The molecule has 10 nitrogen and oxygen atoms in total. The predicted octanol–water partition coefficient (Wildman–Crippen LogP) is 3.45.